The number of carbonyl (C=O) groups is 1. The summed E-state index contributed by atoms with van der Waals surface area (Å²) in [4.78, 5) is 20.0. The highest BCUT2D eigenvalue weighted by molar-refractivity contribution is 6.30. The van der Waals surface area contributed by atoms with Crippen molar-refractivity contribution in [1.29, 1.82) is 0 Å². The first-order chi connectivity index (χ1) is 16.6. The topological polar surface area (TPSA) is 33.2 Å². The molecule has 5 heteroatoms. The van der Waals surface area contributed by atoms with Crippen LogP contribution >= 0.6 is 11.6 Å². The van der Waals surface area contributed by atoms with Crippen LogP contribution in [-0.2, 0) is 6.54 Å². The first-order valence-corrected chi connectivity index (χ1v) is 12.1. The van der Waals surface area contributed by atoms with Gasteiger partial charge >= 0.3 is 0 Å². The predicted octanol–water partition coefficient (Wildman–Crippen LogP) is 7.40. The number of hydrogen-bond donors (Lipinski definition) is 0. The van der Waals surface area contributed by atoms with Gasteiger partial charge in [0.25, 0.3) is 5.91 Å². The maximum atomic E-state index is 14.0. The summed E-state index contributed by atoms with van der Waals surface area (Å²) in [5, 5.41) is 1.51. The Balaban J connectivity index is 1.38. The average molecular weight is 473 g/mol. The van der Waals surface area contributed by atoms with E-state index in [0.29, 0.717) is 23.0 Å². The summed E-state index contributed by atoms with van der Waals surface area (Å²) in [5.74, 6) is 0.117. The monoisotopic (exact) mass is 472 g/mol. The van der Waals surface area contributed by atoms with Gasteiger partial charge in [0.05, 0.1) is 5.52 Å². The van der Waals surface area contributed by atoms with Crippen LogP contribution in [0, 0.1) is 5.82 Å². The van der Waals surface area contributed by atoms with Crippen LogP contribution in [0.4, 0.5) is 4.39 Å². The van der Waals surface area contributed by atoms with Gasteiger partial charge in [-0.25, -0.2) is 4.39 Å². The van der Waals surface area contributed by atoms with Crippen LogP contribution in [-0.4, -0.2) is 21.8 Å². The van der Waals surface area contributed by atoms with Gasteiger partial charge in [0.1, 0.15) is 5.82 Å². The molecule has 3 nitrogen and oxygen atoms in total. The van der Waals surface area contributed by atoms with E-state index in [1.807, 2.05) is 35.4 Å². The number of amides is 1. The van der Waals surface area contributed by atoms with Gasteiger partial charge in [-0.15, -0.1) is 0 Å². The standard InChI is InChI=1S/C29H26ClFN2O/c30-23-10-6-22(7-11-23)29(34)33(19-20-4-2-1-3-5-20)25-13-8-21(9-14-25)26-16-17-32-28-15-12-24(31)18-27(26)28/h1-7,10-12,15-18,21,25H,8-9,13-14,19H2. The SMILES string of the molecule is O=C(c1ccc(Cl)cc1)N(Cc1ccccc1)C1CCC(c2ccnc3ccc(F)cc23)CC1. The number of pyridine rings is 1. The zero-order valence-corrected chi connectivity index (χ0v) is 19.6. The maximum absolute atomic E-state index is 14.0. The van der Waals surface area contributed by atoms with Crippen molar-refractivity contribution in [3.8, 4) is 0 Å². The van der Waals surface area contributed by atoms with Crippen molar-refractivity contribution < 1.29 is 9.18 Å². The largest absolute Gasteiger partial charge is 0.331 e. The lowest BCUT2D eigenvalue weighted by Gasteiger charge is -2.37. The second kappa shape index (κ2) is 9.94. The van der Waals surface area contributed by atoms with Gasteiger partial charge in [-0.1, -0.05) is 41.9 Å². The number of nitrogens with zero attached hydrogens (tertiary/aromatic N) is 2. The van der Waals surface area contributed by atoms with Gasteiger partial charge in [0, 0.05) is 34.8 Å². The van der Waals surface area contributed by atoms with Crippen molar-refractivity contribution >= 4 is 28.4 Å². The van der Waals surface area contributed by atoms with Gasteiger partial charge in [0.15, 0.2) is 0 Å². The quantitative estimate of drug-likeness (QED) is 0.303. The van der Waals surface area contributed by atoms with Crippen LogP contribution in [0.2, 0.25) is 5.02 Å². The van der Waals surface area contributed by atoms with Crippen LogP contribution in [0.25, 0.3) is 10.9 Å². The molecule has 0 N–H and O–H groups in total. The third-order valence-corrected chi connectivity index (χ3v) is 7.11. The molecular weight excluding hydrogens is 447 g/mol. The lowest BCUT2D eigenvalue weighted by molar-refractivity contribution is 0.0606. The summed E-state index contributed by atoms with van der Waals surface area (Å²) >= 11 is 6.05. The predicted molar refractivity (Wildman–Crippen MR) is 134 cm³/mol. The van der Waals surface area contributed by atoms with Crippen molar-refractivity contribution in [2.24, 2.45) is 0 Å². The van der Waals surface area contributed by atoms with Crippen molar-refractivity contribution in [1.82, 2.24) is 9.88 Å². The van der Waals surface area contributed by atoms with Crippen LogP contribution in [0.1, 0.15) is 53.1 Å². The van der Waals surface area contributed by atoms with Gasteiger partial charge in [0.2, 0.25) is 0 Å². The highest BCUT2D eigenvalue weighted by atomic mass is 35.5. The molecule has 0 unspecified atom stereocenters. The average Bonchev–Trinajstić information content (AvgIpc) is 2.88. The van der Waals surface area contributed by atoms with E-state index in [9.17, 15) is 9.18 Å². The van der Waals surface area contributed by atoms with E-state index in [-0.39, 0.29) is 17.8 Å². The fraction of sp³-hybridized carbons (Fsp3) is 0.241. The Morgan fingerprint density at radius 3 is 2.41 bits per heavy atom. The molecule has 1 saturated carbocycles. The minimum absolute atomic E-state index is 0.0281. The molecule has 0 radical (unpaired) electrons. The molecule has 4 aromatic rings. The van der Waals surface area contributed by atoms with Crippen LogP contribution in [0.5, 0.6) is 0 Å². The summed E-state index contributed by atoms with van der Waals surface area (Å²) < 4.78 is 14.0. The summed E-state index contributed by atoms with van der Waals surface area (Å²) in [6.07, 6.45) is 5.50. The number of rotatable bonds is 5. The molecule has 1 fully saturated rings. The molecule has 3 aromatic carbocycles. The molecular formula is C29H26ClFN2O. The van der Waals surface area contributed by atoms with E-state index in [1.165, 1.54) is 6.07 Å². The number of halogens is 2. The highest BCUT2D eigenvalue weighted by Crippen LogP contribution is 2.38. The molecule has 1 aromatic heterocycles. The van der Waals surface area contributed by atoms with E-state index in [0.717, 1.165) is 47.7 Å². The third kappa shape index (κ3) is 4.83. The molecule has 0 atom stereocenters. The molecule has 1 amide bonds. The van der Waals surface area contributed by atoms with E-state index < -0.39 is 0 Å². The second-order valence-corrected chi connectivity index (χ2v) is 9.43. The van der Waals surface area contributed by atoms with Crippen molar-refractivity contribution in [2.75, 3.05) is 0 Å². The lowest BCUT2D eigenvalue weighted by Crippen LogP contribution is -2.41. The first kappa shape index (κ1) is 22.5. The van der Waals surface area contributed by atoms with E-state index >= 15 is 0 Å². The number of benzene rings is 3. The van der Waals surface area contributed by atoms with Crippen LogP contribution < -0.4 is 0 Å². The summed E-state index contributed by atoms with van der Waals surface area (Å²) in [5.41, 5.74) is 3.74. The smallest absolute Gasteiger partial charge is 0.254 e. The maximum Gasteiger partial charge on any atom is 0.254 e. The molecule has 0 bridgehead atoms. The Morgan fingerprint density at radius 1 is 0.941 bits per heavy atom. The number of hydrogen-bond acceptors (Lipinski definition) is 2. The number of aromatic nitrogens is 1. The number of fused-ring (bicyclic) bond motifs is 1. The molecule has 1 heterocycles. The Kier molecular flexibility index (Phi) is 6.59. The lowest BCUT2D eigenvalue weighted by atomic mass is 9.80. The molecule has 34 heavy (non-hydrogen) atoms. The zero-order valence-electron chi connectivity index (χ0n) is 18.8. The third-order valence-electron chi connectivity index (χ3n) is 6.86. The van der Waals surface area contributed by atoms with Gasteiger partial charge in [-0.3, -0.25) is 9.78 Å². The molecule has 5 rings (SSSR count). The van der Waals surface area contributed by atoms with Gasteiger partial charge < -0.3 is 4.90 Å². The molecule has 172 valence electrons. The van der Waals surface area contributed by atoms with E-state index in [4.69, 9.17) is 11.6 Å². The number of carbonyl (C=O) groups excluding carboxylic acids is 1. The van der Waals surface area contributed by atoms with Crippen LogP contribution in [0.3, 0.4) is 0 Å². The van der Waals surface area contributed by atoms with Crippen molar-refractivity contribution in [3.63, 3.8) is 0 Å². The Labute approximate surface area is 204 Å². The second-order valence-electron chi connectivity index (χ2n) is 8.99. The van der Waals surface area contributed by atoms with Crippen LogP contribution in [0.15, 0.2) is 85.1 Å². The van der Waals surface area contributed by atoms with Gasteiger partial charge in [-0.2, -0.15) is 0 Å². The fourth-order valence-electron chi connectivity index (χ4n) is 5.10. The Bertz CT molecular complexity index is 1280. The minimum atomic E-state index is -0.238. The summed E-state index contributed by atoms with van der Waals surface area (Å²) in [6.45, 7) is 0.570. The minimum Gasteiger partial charge on any atom is -0.331 e. The molecule has 1 aliphatic carbocycles. The van der Waals surface area contributed by atoms with Gasteiger partial charge in [-0.05, 0) is 91.3 Å². The first-order valence-electron chi connectivity index (χ1n) is 11.7. The summed E-state index contributed by atoms with van der Waals surface area (Å²) in [6, 6.07) is 24.2. The highest BCUT2D eigenvalue weighted by Gasteiger charge is 2.30. The zero-order chi connectivity index (χ0) is 23.5. The van der Waals surface area contributed by atoms with Crippen molar-refractivity contribution in [2.45, 2.75) is 44.2 Å². The van der Waals surface area contributed by atoms with E-state index in [2.05, 4.69) is 17.1 Å². The Morgan fingerprint density at radius 2 is 1.68 bits per heavy atom. The Hall–Kier alpha value is -3.24. The normalized spacial score (nSPS) is 18.1. The molecule has 0 aliphatic heterocycles. The summed E-state index contributed by atoms with van der Waals surface area (Å²) in [7, 11) is 0. The molecule has 0 saturated heterocycles. The van der Waals surface area contributed by atoms with Crippen molar-refractivity contribution in [3.05, 3.63) is 113 Å². The fourth-order valence-corrected chi connectivity index (χ4v) is 5.23. The molecule has 1 aliphatic rings. The molecule has 0 spiro atoms. The van der Waals surface area contributed by atoms with E-state index in [1.54, 1.807) is 36.4 Å².